The third-order valence-electron chi connectivity index (χ3n) is 3.18. The minimum atomic E-state index is -3.54. The van der Waals surface area contributed by atoms with Gasteiger partial charge in [0.25, 0.3) is 0 Å². The van der Waals surface area contributed by atoms with Gasteiger partial charge in [0.1, 0.15) is 0 Å². The zero-order valence-electron chi connectivity index (χ0n) is 11.4. The maximum atomic E-state index is 12.2. The van der Waals surface area contributed by atoms with Gasteiger partial charge < -0.3 is 0 Å². The lowest BCUT2D eigenvalue weighted by Gasteiger charge is -2.28. The molecular weight excluding hydrogens is 270 g/mol. The molecule has 0 spiro atoms. The number of nitrogens with one attached hydrogen (secondary N) is 1. The van der Waals surface area contributed by atoms with Crippen LogP contribution in [0.25, 0.3) is 0 Å². The van der Waals surface area contributed by atoms with Crippen LogP contribution in [0.3, 0.4) is 0 Å². The van der Waals surface area contributed by atoms with Gasteiger partial charge in [0, 0.05) is 10.9 Å². The monoisotopic (exact) mass is 289 g/mol. The smallest absolute Gasteiger partial charge is 0.207 e. The predicted octanol–water partition coefficient (Wildman–Crippen LogP) is 2.99. The highest BCUT2D eigenvalue weighted by atomic mass is 35.5. The number of hydrogen-bond donors (Lipinski definition) is 1. The Morgan fingerprint density at radius 1 is 1.22 bits per heavy atom. The van der Waals surface area contributed by atoms with Crippen molar-refractivity contribution >= 4 is 21.6 Å². The van der Waals surface area contributed by atoms with Gasteiger partial charge in [0.15, 0.2) is 0 Å². The molecule has 0 saturated heterocycles. The molecule has 0 heterocycles. The number of aryl methyl sites for hydroxylation is 2. The summed E-state index contributed by atoms with van der Waals surface area (Å²) in [6.45, 7) is 9.14. The number of halogens is 1. The molecule has 5 heteroatoms. The van der Waals surface area contributed by atoms with Crippen molar-refractivity contribution in [3.05, 3.63) is 29.3 Å². The van der Waals surface area contributed by atoms with Crippen molar-refractivity contribution in [3.8, 4) is 0 Å². The molecule has 1 atom stereocenters. The summed E-state index contributed by atoms with van der Waals surface area (Å²) in [4.78, 5) is 0.274. The molecule has 0 aliphatic rings. The number of rotatable bonds is 4. The Morgan fingerprint density at radius 2 is 1.78 bits per heavy atom. The molecule has 1 N–H and O–H groups in total. The number of benzene rings is 1. The van der Waals surface area contributed by atoms with Gasteiger partial charge in [-0.25, -0.2) is 13.1 Å². The Morgan fingerprint density at radius 3 is 2.22 bits per heavy atom. The fourth-order valence-corrected chi connectivity index (χ4v) is 3.05. The van der Waals surface area contributed by atoms with Crippen LogP contribution in [0.5, 0.6) is 0 Å². The highest BCUT2D eigenvalue weighted by molar-refractivity contribution is 7.89. The van der Waals surface area contributed by atoms with Crippen LogP contribution in [-0.2, 0) is 10.0 Å². The third-order valence-corrected chi connectivity index (χ3v) is 5.40. The van der Waals surface area contributed by atoms with Gasteiger partial charge in [-0.3, -0.25) is 0 Å². The second-order valence-corrected chi connectivity index (χ2v) is 7.53. The Labute approximate surface area is 115 Å². The Bertz CT molecular complexity index is 536. The van der Waals surface area contributed by atoms with Gasteiger partial charge >= 0.3 is 0 Å². The molecule has 0 radical (unpaired) electrons. The van der Waals surface area contributed by atoms with Gasteiger partial charge in [-0.2, -0.15) is 0 Å². The van der Waals surface area contributed by atoms with E-state index in [-0.39, 0.29) is 10.3 Å². The molecule has 1 aromatic rings. The predicted molar refractivity (Wildman–Crippen MR) is 75.6 cm³/mol. The highest BCUT2D eigenvalue weighted by Crippen LogP contribution is 2.20. The van der Waals surface area contributed by atoms with Crippen molar-refractivity contribution in [1.82, 2.24) is 4.72 Å². The molecule has 0 saturated carbocycles. The first-order chi connectivity index (χ1) is 8.06. The van der Waals surface area contributed by atoms with Crippen molar-refractivity contribution < 1.29 is 8.42 Å². The molecular formula is C13H20ClNO2S. The fraction of sp³-hybridized carbons (Fsp3) is 0.538. The molecule has 3 nitrogen and oxygen atoms in total. The van der Waals surface area contributed by atoms with E-state index in [0.717, 1.165) is 11.1 Å². The van der Waals surface area contributed by atoms with E-state index in [2.05, 4.69) is 4.72 Å². The first-order valence-corrected chi connectivity index (χ1v) is 7.73. The quantitative estimate of drug-likeness (QED) is 0.866. The standard InChI is InChI=1S/C13H20ClNO2S/c1-9-6-7-12(8-10(9)2)18(16,17)15-13(4,5)11(3)14/h6-8,11,15H,1-5H3. The highest BCUT2D eigenvalue weighted by Gasteiger charge is 2.30. The lowest BCUT2D eigenvalue weighted by Crippen LogP contribution is -2.48. The normalized spacial score (nSPS) is 14.6. The van der Waals surface area contributed by atoms with E-state index in [1.165, 1.54) is 0 Å². The van der Waals surface area contributed by atoms with E-state index >= 15 is 0 Å². The summed E-state index contributed by atoms with van der Waals surface area (Å²) < 4.78 is 27.1. The van der Waals surface area contributed by atoms with Gasteiger partial charge in [-0.15, -0.1) is 11.6 Å². The van der Waals surface area contributed by atoms with Gasteiger partial charge in [0.05, 0.1) is 4.90 Å². The van der Waals surface area contributed by atoms with E-state index in [4.69, 9.17) is 11.6 Å². The van der Waals surface area contributed by atoms with E-state index in [1.54, 1.807) is 39.0 Å². The molecule has 1 rings (SSSR count). The Balaban J connectivity index is 3.11. The summed E-state index contributed by atoms with van der Waals surface area (Å²) in [6.07, 6.45) is 0. The van der Waals surface area contributed by atoms with Crippen LogP contribution in [0.2, 0.25) is 0 Å². The molecule has 0 fully saturated rings. The summed E-state index contributed by atoms with van der Waals surface area (Å²) in [7, 11) is -3.54. The SMILES string of the molecule is Cc1ccc(S(=O)(=O)NC(C)(C)C(C)Cl)cc1C. The van der Waals surface area contributed by atoms with E-state index in [9.17, 15) is 8.42 Å². The fourth-order valence-electron chi connectivity index (χ4n) is 1.37. The van der Waals surface area contributed by atoms with Crippen LogP contribution < -0.4 is 4.72 Å². The summed E-state index contributed by atoms with van der Waals surface area (Å²) >= 11 is 5.99. The molecule has 1 aromatic carbocycles. The number of hydrogen-bond acceptors (Lipinski definition) is 2. The van der Waals surface area contributed by atoms with E-state index in [1.807, 2.05) is 13.8 Å². The largest absolute Gasteiger partial charge is 0.241 e. The average molecular weight is 290 g/mol. The second-order valence-electron chi connectivity index (χ2n) is 5.19. The van der Waals surface area contributed by atoms with Crippen molar-refractivity contribution in [1.29, 1.82) is 0 Å². The van der Waals surface area contributed by atoms with E-state index < -0.39 is 15.6 Å². The Hall–Kier alpha value is -0.580. The molecule has 0 aliphatic heterocycles. The zero-order chi connectivity index (χ0) is 14.1. The van der Waals surface area contributed by atoms with Crippen molar-refractivity contribution in [2.45, 2.75) is 50.4 Å². The zero-order valence-corrected chi connectivity index (χ0v) is 13.0. The van der Waals surface area contributed by atoms with Crippen molar-refractivity contribution in [3.63, 3.8) is 0 Å². The molecule has 18 heavy (non-hydrogen) atoms. The average Bonchev–Trinajstić information content (AvgIpc) is 2.20. The number of sulfonamides is 1. The van der Waals surface area contributed by atoms with Crippen molar-refractivity contribution in [2.75, 3.05) is 0 Å². The summed E-state index contributed by atoms with van der Waals surface area (Å²) in [5.41, 5.74) is 1.33. The first kappa shape index (κ1) is 15.5. The minimum Gasteiger partial charge on any atom is -0.207 e. The summed E-state index contributed by atoms with van der Waals surface area (Å²) in [6, 6.07) is 5.09. The maximum absolute atomic E-state index is 12.2. The topological polar surface area (TPSA) is 46.2 Å². The van der Waals surface area contributed by atoms with E-state index in [0.29, 0.717) is 0 Å². The lowest BCUT2D eigenvalue weighted by molar-refractivity contribution is 0.445. The van der Waals surface area contributed by atoms with Crippen LogP contribution in [-0.4, -0.2) is 19.3 Å². The van der Waals surface area contributed by atoms with Gasteiger partial charge in [0.2, 0.25) is 10.0 Å². The van der Waals surface area contributed by atoms with Crippen LogP contribution in [0.1, 0.15) is 31.9 Å². The molecule has 0 aliphatic carbocycles. The minimum absolute atomic E-state index is 0.274. The molecule has 102 valence electrons. The van der Waals surface area contributed by atoms with Crippen LogP contribution in [0.15, 0.2) is 23.1 Å². The second kappa shape index (κ2) is 5.19. The van der Waals surface area contributed by atoms with Gasteiger partial charge in [-0.1, -0.05) is 6.07 Å². The Kier molecular flexibility index (Phi) is 4.47. The molecule has 0 amide bonds. The molecule has 1 unspecified atom stereocenters. The summed E-state index contributed by atoms with van der Waals surface area (Å²) in [5.74, 6) is 0. The van der Waals surface area contributed by atoms with Gasteiger partial charge in [-0.05, 0) is 57.9 Å². The number of alkyl halides is 1. The summed E-state index contributed by atoms with van der Waals surface area (Å²) in [5, 5.41) is -0.307. The van der Waals surface area contributed by atoms with Crippen LogP contribution in [0, 0.1) is 13.8 Å². The van der Waals surface area contributed by atoms with Crippen molar-refractivity contribution in [2.24, 2.45) is 0 Å². The third kappa shape index (κ3) is 3.46. The lowest BCUT2D eigenvalue weighted by atomic mass is 10.0. The van der Waals surface area contributed by atoms with Crippen LogP contribution in [0.4, 0.5) is 0 Å². The molecule has 0 bridgehead atoms. The van der Waals surface area contributed by atoms with Crippen LogP contribution >= 0.6 is 11.6 Å². The maximum Gasteiger partial charge on any atom is 0.241 e. The first-order valence-electron chi connectivity index (χ1n) is 5.81. The molecule has 0 aromatic heterocycles.